The first-order valence-electron chi connectivity index (χ1n) is 9.11. The Bertz CT molecular complexity index is 695. The molecule has 0 saturated carbocycles. The van der Waals surface area contributed by atoms with Crippen LogP contribution in [0.25, 0.3) is 11.6 Å². The molecule has 1 aliphatic heterocycles. The molecule has 0 amide bonds. The number of rotatable bonds is 6. The molecule has 3 rings (SSSR count). The van der Waals surface area contributed by atoms with E-state index < -0.39 is 0 Å². The van der Waals surface area contributed by atoms with E-state index in [-0.39, 0.29) is 0 Å². The van der Waals surface area contributed by atoms with Gasteiger partial charge in [-0.15, -0.1) is 0 Å². The van der Waals surface area contributed by atoms with Crippen molar-refractivity contribution in [1.29, 1.82) is 0 Å². The van der Waals surface area contributed by atoms with Gasteiger partial charge in [-0.3, -0.25) is 9.98 Å². The average Bonchev–Trinajstić information content (AvgIpc) is 3.16. The van der Waals surface area contributed by atoms with E-state index in [1.54, 1.807) is 6.20 Å². The first kappa shape index (κ1) is 18.3. The fourth-order valence-corrected chi connectivity index (χ4v) is 3.04. The molecule has 8 nitrogen and oxygen atoms in total. The van der Waals surface area contributed by atoms with Crippen molar-refractivity contribution < 1.29 is 9.26 Å². The van der Waals surface area contributed by atoms with Crippen LogP contribution >= 0.6 is 0 Å². The van der Waals surface area contributed by atoms with E-state index in [0.29, 0.717) is 36.5 Å². The number of hydrogen-bond acceptors (Lipinski definition) is 6. The SMILES string of the molecule is CCOC1CCN(C(=NC)NCCc2noc(-c3ccccn3)n2)CC1. The van der Waals surface area contributed by atoms with Crippen molar-refractivity contribution >= 4 is 5.96 Å². The molecule has 0 atom stereocenters. The maximum Gasteiger partial charge on any atom is 0.276 e. The summed E-state index contributed by atoms with van der Waals surface area (Å²) in [7, 11) is 1.81. The van der Waals surface area contributed by atoms with Gasteiger partial charge >= 0.3 is 0 Å². The van der Waals surface area contributed by atoms with Crippen LogP contribution in [0.2, 0.25) is 0 Å². The standard InChI is InChI=1S/C18H26N6O2/c1-3-25-14-8-12-24(13-9-14)18(19-2)21-11-7-16-22-17(26-23-16)15-6-4-5-10-20-15/h4-6,10,14H,3,7-9,11-13H2,1-2H3,(H,19,21). The van der Waals surface area contributed by atoms with Gasteiger partial charge in [0.25, 0.3) is 5.89 Å². The summed E-state index contributed by atoms with van der Waals surface area (Å²) in [5, 5.41) is 7.40. The second-order valence-electron chi connectivity index (χ2n) is 6.10. The molecule has 140 valence electrons. The highest BCUT2D eigenvalue weighted by atomic mass is 16.5. The molecule has 0 spiro atoms. The van der Waals surface area contributed by atoms with Gasteiger partial charge in [-0.1, -0.05) is 11.2 Å². The molecular formula is C18H26N6O2. The van der Waals surface area contributed by atoms with Crippen molar-refractivity contribution in [1.82, 2.24) is 25.3 Å². The van der Waals surface area contributed by atoms with Crippen LogP contribution in [-0.2, 0) is 11.2 Å². The van der Waals surface area contributed by atoms with E-state index in [0.717, 1.165) is 38.5 Å². The fraction of sp³-hybridized carbons (Fsp3) is 0.556. The topological polar surface area (TPSA) is 88.7 Å². The van der Waals surface area contributed by atoms with Gasteiger partial charge in [-0.05, 0) is 31.9 Å². The smallest absolute Gasteiger partial charge is 0.276 e. The van der Waals surface area contributed by atoms with Crippen molar-refractivity contribution in [2.45, 2.75) is 32.3 Å². The van der Waals surface area contributed by atoms with E-state index >= 15 is 0 Å². The second-order valence-corrected chi connectivity index (χ2v) is 6.10. The van der Waals surface area contributed by atoms with Crippen LogP contribution in [0, 0.1) is 0 Å². The van der Waals surface area contributed by atoms with Crippen molar-refractivity contribution in [2.75, 3.05) is 33.3 Å². The van der Waals surface area contributed by atoms with Gasteiger partial charge < -0.3 is 19.5 Å². The zero-order valence-corrected chi connectivity index (χ0v) is 15.4. The molecule has 0 radical (unpaired) electrons. The number of hydrogen-bond donors (Lipinski definition) is 1. The number of piperidine rings is 1. The molecule has 8 heteroatoms. The largest absolute Gasteiger partial charge is 0.378 e. The lowest BCUT2D eigenvalue weighted by molar-refractivity contribution is 0.0264. The number of pyridine rings is 1. The van der Waals surface area contributed by atoms with Crippen LogP contribution in [0.15, 0.2) is 33.9 Å². The van der Waals surface area contributed by atoms with Gasteiger partial charge in [0.15, 0.2) is 11.8 Å². The Morgan fingerprint density at radius 3 is 2.92 bits per heavy atom. The Kier molecular flexibility index (Phi) is 6.54. The molecule has 1 saturated heterocycles. The van der Waals surface area contributed by atoms with E-state index in [1.165, 1.54) is 0 Å². The third-order valence-electron chi connectivity index (χ3n) is 4.34. The Morgan fingerprint density at radius 1 is 1.38 bits per heavy atom. The summed E-state index contributed by atoms with van der Waals surface area (Å²) >= 11 is 0. The molecule has 1 N–H and O–H groups in total. The summed E-state index contributed by atoms with van der Waals surface area (Å²) in [4.78, 5) is 15.3. The van der Waals surface area contributed by atoms with Crippen LogP contribution in [-0.4, -0.2) is 65.4 Å². The molecule has 1 fully saturated rings. The molecule has 1 aliphatic rings. The van der Waals surface area contributed by atoms with Crippen LogP contribution in [0.3, 0.4) is 0 Å². The first-order chi connectivity index (χ1) is 12.8. The Balaban J connectivity index is 1.46. The maximum atomic E-state index is 5.70. The van der Waals surface area contributed by atoms with E-state index in [2.05, 4.69) is 30.3 Å². The lowest BCUT2D eigenvalue weighted by Gasteiger charge is -2.34. The van der Waals surface area contributed by atoms with Crippen LogP contribution in [0.1, 0.15) is 25.6 Å². The molecule has 2 aromatic heterocycles. The molecule has 0 aromatic carbocycles. The minimum absolute atomic E-state index is 0.374. The number of aromatic nitrogens is 3. The van der Waals surface area contributed by atoms with Gasteiger partial charge in [0.2, 0.25) is 0 Å². The summed E-state index contributed by atoms with van der Waals surface area (Å²) in [5.41, 5.74) is 0.687. The van der Waals surface area contributed by atoms with Crippen molar-refractivity contribution in [3.05, 3.63) is 30.2 Å². The van der Waals surface area contributed by atoms with E-state index in [4.69, 9.17) is 9.26 Å². The van der Waals surface area contributed by atoms with Gasteiger partial charge in [0, 0.05) is 45.9 Å². The van der Waals surface area contributed by atoms with Crippen LogP contribution < -0.4 is 5.32 Å². The summed E-state index contributed by atoms with van der Waals surface area (Å²) in [6.07, 6.45) is 4.81. The summed E-state index contributed by atoms with van der Waals surface area (Å²) in [5.74, 6) is 2.01. The molecule has 0 aliphatic carbocycles. The zero-order valence-electron chi connectivity index (χ0n) is 15.4. The van der Waals surface area contributed by atoms with Crippen LogP contribution in [0.4, 0.5) is 0 Å². The molecular weight excluding hydrogens is 332 g/mol. The maximum absolute atomic E-state index is 5.70. The third-order valence-corrected chi connectivity index (χ3v) is 4.34. The highest BCUT2D eigenvalue weighted by Gasteiger charge is 2.21. The summed E-state index contributed by atoms with van der Waals surface area (Å²) < 4.78 is 11.0. The molecule has 2 aromatic rings. The van der Waals surface area contributed by atoms with Gasteiger partial charge in [0.05, 0.1) is 6.10 Å². The van der Waals surface area contributed by atoms with Crippen LogP contribution in [0.5, 0.6) is 0 Å². The second kappa shape index (κ2) is 9.28. The number of nitrogens with zero attached hydrogens (tertiary/aromatic N) is 5. The Hall–Kier alpha value is -2.48. The first-order valence-corrected chi connectivity index (χ1v) is 9.11. The highest BCUT2D eigenvalue weighted by Crippen LogP contribution is 2.14. The van der Waals surface area contributed by atoms with Crippen molar-refractivity contribution in [2.24, 2.45) is 4.99 Å². The summed E-state index contributed by atoms with van der Waals surface area (Å²) in [6, 6.07) is 5.60. The van der Waals surface area contributed by atoms with Crippen molar-refractivity contribution in [3.63, 3.8) is 0 Å². The lowest BCUT2D eigenvalue weighted by atomic mass is 10.1. The Labute approximate surface area is 153 Å². The van der Waals surface area contributed by atoms with Gasteiger partial charge in [0.1, 0.15) is 5.69 Å². The quantitative estimate of drug-likeness (QED) is 0.621. The molecule has 26 heavy (non-hydrogen) atoms. The monoisotopic (exact) mass is 358 g/mol. The number of aliphatic imine (C=N–C) groups is 1. The Morgan fingerprint density at radius 2 is 2.23 bits per heavy atom. The lowest BCUT2D eigenvalue weighted by Crippen LogP contribution is -2.47. The molecule has 0 unspecified atom stereocenters. The average molecular weight is 358 g/mol. The van der Waals surface area contributed by atoms with Gasteiger partial charge in [-0.2, -0.15) is 4.98 Å². The number of likely N-dealkylation sites (tertiary alicyclic amines) is 1. The van der Waals surface area contributed by atoms with Gasteiger partial charge in [-0.25, -0.2) is 0 Å². The zero-order chi connectivity index (χ0) is 18.2. The van der Waals surface area contributed by atoms with E-state index in [9.17, 15) is 0 Å². The highest BCUT2D eigenvalue weighted by molar-refractivity contribution is 5.79. The minimum atomic E-state index is 0.374. The molecule has 0 bridgehead atoms. The summed E-state index contributed by atoms with van der Waals surface area (Å²) in [6.45, 7) is 5.43. The number of nitrogens with one attached hydrogen (secondary N) is 1. The molecule has 3 heterocycles. The fourth-order valence-electron chi connectivity index (χ4n) is 3.04. The van der Waals surface area contributed by atoms with Crippen molar-refractivity contribution in [3.8, 4) is 11.6 Å². The third kappa shape index (κ3) is 4.78. The minimum Gasteiger partial charge on any atom is -0.378 e. The number of ether oxygens (including phenoxy) is 1. The predicted octanol–water partition coefficient (Wildman–Crippen LogP) is 1.75. The predicted molar refractivity (Wildman–Crippen MR) is 98.8 cm³/mol. The normalized spacial score (nSPS) is 16.1. The number of guanidine groups is 1. The van der Waals surface area contributed by atoms with E-state index in [1.807, 2.05) is 32.2 Å².